The van der Waals surface area contributed by atoms with Crippen molar-refractivity contribution in [2.24, 2.45) is 0 Å². The Morgan fingerprint density at radius 2 is 1.80 bits per heavy atom. The third-order valence-electron chi connectivity index (χ3n) is 2.41. The van der Waals surface area contributed by atoms with Crippen LogP contribution in [0.25, 0.3) is 11.1 Å². The lowest BCUT2D eigenvalue weighted by Crippen LogP contribution is -1.93. The lowest BCUT2D eigenvalue weighted by atomic mass is 10.0. The van der Waals surface area contributed by atoms with Gasteiger partial charge in [0.1, 0.15) is 5.82 Å². The molecule has 0 spiro atoms. The normalized spacial score (nSPS) is 10.3. The third-order valence-corrected chi connectivity index (χ3v) is 2.41. The van der Waals surface area contributed by atoms with E-state index in [1.54, 1.807) is 24.5 Å². The molecule has 0 radical (unpaired) electrons. The number of rotatable bonds is 1. The molecule has 2 N–H and O–H groups in total. The van der Waals surface area contributed by atoms with Crippen LogP contribution in [0.5, 0.6) is 0 Å². The van der Waals surface area contributed by atoms with Gasteiger partial charge in [0.05, 0.1) is 11.9 Å². The summed E-state index contributed by atoms with van der Waals surface area (Å²) in [6, 6.07) is 6.30. The summed E-state index contributed by atoms with van der Waals surface area (Å²) in [7, 11) is 0. The molecule has 0 saturated carbocycles. The van der Waals surface area contributed by atoms with Crippen molar-refractivity contribution in [3.63, 3.8) is 0 Å². The molecule has 0 aliphatic rings. The Morgan fingerprint density at radius 1 is 1.13 bits per heavy atom. The fourth-order valence-electron chi connectivity index (χ4n) is 1.46. The van der Waals surface area contributed by atoms with Gasteiger partial charge in [0.2, 0.25) is 0 Å². The number of pyridine rings is 1. The number of hydrogen-bond acceptors (Lipinski definition) is 2. The molecule has 0 saturated heterocycles. The van der Waals surface area contributed by atoms with Gasteiger partial charge in [-0.05, 0) is 30.2 Å². The van der Waals surface area contributed by atoms with Crippen LogP contribution in [0.2, 0.25) is 0 Å². The predicted molar refractivity (Wildman–Crippen MR) is 58.8 cm³/mol. The summed E-state index contributed by atoms with van der Waals surface area (Å²) in [5.41, 5.74) is 9.23. The molecular formula is C12H11FN2. The molecule has 2 rings (SSSR count). The van der Waals surface area contributed by atoms with Crippen molar-refractivity contribution in [1.29, 1.82) is 0 Å². The van der Waals surface area contributed by atoms with Gasteiger partial charge in [0, 0.05) is 11.8 Å². The van der Waals surface area contributed by atoms with Gasteiger partial charge in [-0.3, -0.25) is 4.98 Å². The summed E-state index contributed by atoms with van der Waals surface area (Å²) in [6.45, 7) is 1.93. The summed E-state index contributed by atoms with van der Waals surface area (Å²) >= 11 is 0. The highest BCUT2D eigenvalue weighted by molar-refractivity contribution is 5.71. The number of anilines is 1. The quantitative estimate of drug-likeness (QED) is 0.772. The van der Waals surface area contributed by atoms with Crippen LogP contribution in [-0.4, -0.2) is 4.98 Å². The van der Waals surface area contributed by atoms with Crippen LogP contribution < -0.4 is 5.73 Å². The van der Waals surface area contributed by atoms with Crippen molar-refractivity contribution >= 4 is 5.69 Å². The lowest BCUT2D eigenvalue weighted by Gasteiger charge is -2.07. The average Bonchev–Trinajstić information content (AvgIpc) is 2.24. The third kappa shape index (κ3) is 1.81. The Bertz CT molecular complexity index is 477. The van der Waals surface area contributed by atoms with E-state index in [1.807, 2.05) is 6.92 Å². The fraction of sp³-hybridized carbons (Fsp3) is 0.0833. The SMILES string of the molecule is Cc1c(N)cncc1-c1ccc(F)cc1. The molecule has 1 aromatic carbocycles. The molecule has 0 aliphatic carbocycles. The van der Waals surface area contributed by atoms with E-state index in [1.165, 1.54) is 12.1 Å². The van der Waals surface area contributed by atoms with Crippen molar-refractivity contribution in [3.8, 4) is 11.1 Å². The maximum absolute atomic E-state index is 12.7. The first kappa shape index (κ1) is 9.65. The first-order valence-electron chi connectivity index (χ1n) is 4.64. The lowest BCUT2D eigenvalue weighted by molar-refractivity contribution is 0.628. The Labute approximate surface area is 87.6 Å². The number of nitrogen functional groups attached to an aromatic ring is 1. The van der Waals surface area contributed by atoms with Gasteiger partial charge >= 0.3 is 0 Å². The van der Waals surface area contributed by atoms with Crippen molar-refractivity contribution in [2.75, 3.05) is 5.73 Å². The van der Waals surface area contributed by atoms with Gasteiger partial charge in [-0.25, -0.2) is 4.39 Å². The standard InChI is InChI=1S/C12H11FN2/c1-8-11(6-15-7-12(8)14)9-2-4-10(13)5-3-9/h2-7H,14H2,1H3. The van der Waals surface area contributed by atoms with Crippen LogP contribution in [0.15, 0.2) is 36.7 Å². The van der Waals surface area contributed by atoms with E-state index in [0.717, 1.165) is 16.7 Å². The fourth-order valence-corrected chi connectivity index (χ4v) is 1.46. The van der Waals surface area contributed by atoms with Crippen LogP contribution in [0.4, 0.5) is 10.1 Å². The molecule has 2 nitrogen and oxygen atoms in total. The van der Waals surface area contributed by atoms with E-state index in [4.69, 9.17) is 5.73 Å². The molecule has 15 heavy (non-hydrogen) atoms. The topological polar surface area (TPSA) is 38.9 Å². The highest BCUT2D eigenvalue weighted by Crippen LogP contribution is 2.25. The average molecular weight is 202 g/mol. The second-order valence-electron chi connectivity index (χ2n) is 3.41. The molecule has 0 unspecified atom stereocenters. The number of nitrogens with two attached hydrogens (primary N) is 1. The Morgan fingerprint density at radius 3 is 2.47 bits per heavy atom. The molecule has 0 fully saturated rings. The van der Waals surface area contributed by atoms with Crippen molar-refractivity contribution < 1.29 is 4.39 Å². The van der Waals surface area contributed by atoms with Crippen LogP contribution >= 0.6 is 0 Å². The van der Waals surface area contributed by atoms with Gasteiger partial charge in [-0.2, -0.15) is 0 Å². The van der Waals surface area contributed by atoms with E-state index < -0.39 is 0 Å². The van der Waals surface area contributed by atoms with Gasteiger partial charge < -0.3 is 5.73 Å². The Kier molecular flexibility index (Phi) is 2.37. The van der Waals surface area contributed by atoms with Crippen molar-refractivity contribution in [2.45, 2.75) is 6.92 Å². The largest absolute Gasteiger partial charge is 0.397 e. The van der Waals surface area contributed by atoms with Crippen LogP contribution in [0.3, 0.4) is 0 Å². The summed E-state index contributed by atoms with van der Waals surface area (Å²) < 4.78 is 12.7. The minimum absolute atomic E-state index is 0.242. The number of nitrogens with zero attached hydrogens (tertiary/aromatic N) is 1. The minimum atomic E-state index is -0.242. The highest BCUT2D eigenvalue weighted by Gasteiger charge is 2.04. The molecule has 76 valence electrons. The molecule has 1 aromatic heterocycles. The van der Waals surface area contributed by atoms with Crippen LogP contribution in [0, 0.1) is 12.7 Å². The first-order chi connectivity index (χ1) is 7.18. The predicted octanol–water partition coefficient (Wildman–Crippen LogP) is 2.78. The van der Waals surface area contributed by atoms with Crippen molar-refractivity contribution in [1.82, 2.24) is 4.98 Å². The monoisotopic (exact) mass is 202 g/mol. The molecule has 3 heteroatoms. The zero-order valence-corrected chi connectivity index (χ0v) is 8.37. The minimum Gasteiger partial charge on any atom is -0.397 e. The van der Waals surface area contributed by atoms with E-state index in [9.17, 15) is 4.39 Å². The maximum atomic E-state index is 12.7. The molecule has 2 aromatic rings. The van der Waals surface area contributed by atoms with E-state index in [0.29, 0.717) is 5.69 Å². The second kappa shape index (κ2) is 3.69. The first-order valence-corrected chi connectivity index (χ1v) is 4.64. The molecule has 0 amide bonds. The van der Waals surface area contributed by atoms with E-state index >= 15 is 0 Å². The number of hydrogen-bond donors (Lipinski definition) is 1. The molecular weight excluding hydrogens is 191 g/mol. The van der Waals surface area contributed by atoms with Gasteiger partial charge in [-0.15, -0.1) is 0 Å². The van der Waals surface area contributed by atoms with Gasteiger partial charge in [-0.1, -0.05) is 12.1 Å². The molecule has 0 bridgehead atoms. The molecule has 0 atom stereocenters. The molecule has 0 aliphatic heterocycles. The summed E-state index contributed by atoms with van der Waals surface area (Å²) in [6.07, 6.45) is 3.35. The Hall–Kier alpha value is -1.90. The highest BCUT2D eigenvalue weighted by atomic mass is 19.1. The number of benzene rings is 1. The Balaban J connectivity index is 2.54. The van der Waals surface area contributed by atoms with Crippen LogP contribution in [-0.2, 0) is 0 Å². The van der Waals surface area contributed by atoms with Gasteiger partial charge in [0.15, 0.2) is 0 Å². The molecule has 1 heterocycles. The summed E-state index contributed by atoms with van der Waals surface area (Å²) in [5, 5.41) is 0. The summed E-state index contributed by atoms with van der Waals surface area (Å²) in [4.78, 5) is 4.03. The second-order valence-corrected chi connectivity index (χ2v) is 3.41. The zero-order chi connectivity index (χ0) is 10.8. The van der Waals surface area contributed by atoms with E-state index in [-0.39, 0.29) is 5.82 Å². The van der Waals surface area contributed by atoms with Gasteiger partial charge in [0.25, 0.3) is 0 Å². The van der Waals surface area contributed by atoms with Crippen LogP contribution in [0.1, 0.15) is 5.56 Å². The number of halogens is 1. The summed E-state index contributed by atoms with van der Waals surface area (Å²) in [5.74, 6) is -0.242. The smallest absolute Gasteiger partial charge is 0.123 e. The number of aromatic nitrogens is 1. The maximum Gasteiger partial charge on any atom is 0.123 e. The zero-order valence-electron chi connectivity index (χ0n) is 8.37. The van der Waals surface area contributed by atoms with E-state index in [2.05, 4.69) is 4.98 Å². The van der Waals surface area contributed by atoms with Crippen molar-refractivity contribution in [3.05, 3.63) is 48.0 Å².